The summed E-state index contributed by atoms with van der Waals surface area (Å²) < 4.78 is 33.3. The molecule has 3 heterocycles. The van der Waals surface area contributed by atoms with Crippen LogP contribution >= 0.6 is 0 Å². The van der Waals surface area contributed by atoms with E-state index in [-0.39, 0.29) is 11.8 Å². The van der Waals surface area contributed by atoms with Crippen molar-refractivity contribution in [1.29, 1.82) is 0 Å². The Kier molecular flexibility index (Phi) is 6.28. The molecule has 6 fully saturated rings. The molecule has 45 heavy (non-hydrogen) atoms. The van der Waals surface area contributed by atoms with Crippen molar-refractivity contribution in [3.05, 3.63) is 90.0 Å². The van der Waals surface area contributed by atoms with Crippen molar-refractivity contribution in [2.75, 3.05) is 6.61 Å². The molecular weight excluding hydrogens is 576 g/mol. The van der Waals surface area contributed by atoms with Gasteiger partial charge in [-0.15, -0.1) is 0 Å². The van der Waals surface area contributed by atoms with Crippen LogP contribution < -0.4 is 0 Å². The Hall–Kier alpha value is -2.89. The van der Waals surface area contributed by atoms with Crippen LogP contribution in [0.5, 0.6) is 0 Å². The van der Waals surface area contributed by atoms with Gasteiger partial charge in [0, 0.05) is 23.5 Å². The van der Waals surface area contributed by atoms with Crippen LogP contribution in [0.3, 0.4) is 0 Å². The Labute approximate surface area is 262 Å². The minimum atomic E-state index is -2.02. The van der Waals surface area contributed by atoms with Crippen LogP contribution in [0.4, 0.5) is 0 Å². The van der Waals surface area contributed by atoms with Crippen LogP contribution in [0, 0.1) is 23.7 Å². The van der Waals surface area contributed by atoms with Crippen molar-refractivity contribution in [1.82, 2.24) is 0 Å². The molecule has 3 N–H and O–H groups in total. The lowest BCUT2D eigenvalue weighted by Crippen LogP contribution is -2.72. The van der Waals surface area contributed by atoms with Gasteiger partial charge in [0.25, 0.3) is 0 Å². The Morgan fingerprint density at radius 1 is 1.04 bits per heavy atom. The molecule has 0 spiro atoms. The Bertz CT molecular complexity index is 1560. The molecule has 0 aromatic heterocycles. The van der Waals surface area contributed by atoms with E-state index in [2.05, 4.69) is 13.5 Å². The molecule has 3 aliphatic heterocycles. The number of esters is 1. The fraction of sp³-hybridized carbons (Fsp3) is 0.528. The Balaban J connectivity index is 1.27. The number of epoxide rings is 1. The van der Waals surface area contributed by atoms with E-state index in [1.165, 1.54) is 6.08 Å². The monoisotopic (exact) mass is 616 g/mol. The second-order valence-corrected chi connectivity index (χ2v) is 14.1. The highest BCUT2D eigenvalue weighted by Gasteiger charge is 2.89. The highest BCUT2D eigenvalue weighted by molar-refractivity contribution is 5.87. The molecule has 13 atom stereocenters. The van der Waals surface area contributed by atoms with Gasteiger partial charge in [0.15, 0.2) is 0 Å². The maximum atomic E-state index is 13.3. The SMILES string of the molecule is C=C(C)[C@]12C[C@@H](C)[C@@]34O[C@](c5ccccc5)(O[C@@H]1[C@@H]3[C@@H]1O[C@]1(CO)[C@@H](O)[C@@]1(O)[C@H]4C[C@H](C)[C@@H]1OC(=O)C=Cc1ccccc1)O2. The quantitative estimate of drug-likeness (QED) is 0.194. The summed E-state index contributed by atoms with van der Waals surface area (Å²) in [4.78, 5) is 13.3. The van der Waals surface area contributed by atoms with Gasteiger partial charge in [-0.05, 0) is 48.8 Å². The van der Waals surface area contributed by atoms with Gasteiger partial charge >= 0.3 is 11.9 Å². The average Bonchev–Trinajstić information content (AvgIpc) is 3.67. The number of hydrogen-bond acceptors (Lipinski definition) is 9. The largest absolute Gasteiger partial charge is 0.456 e. The van der Waals surface area contributed by atoms with Crippen LogP contribution in [0.15, 0.2) is 78.9 Å². The van der Waals surface area contributed by atoms with Crippen LogP contribution in [0.1, 0.15) is 44.7 Å². The second kappa shape index (κ2) is 9.58. The zero-order valence-electron chi connectivity index (χ0n) is 25.7. The molecule has 3 aliphatic carbocycles. The molecule has 8 rings (SSSR count). The van der Waals surface area contributed by atoms with E-state index >= 15 is 0 Å². The Morgan fingerprint density at radius 3 is 2.40 bits per heavy atom. The molecule has 2 aromatic carbocycles. The maximum Gasteiger partial charge on any atom is 0.331 e. The van der Waals surface area contributed by atoms with E-state index in [1.54, 1.807) is 6.08 Å². The molecule has 0 radical (unpaired) electrons. The zero-order valence-corrected chi connectivity index (χ0v) is 25.7. The van der Waals surface area contributed by atoms with E-state index in [9.17, 15) is 20.1 Å². The van der Waals surface area contributed by atoms with Gasteiger partial charge < -0.3 is 39.0 Å². The highest BCUT2D eigenvalue weighted by atomic mass is 16.9. The van der Waals surface area contributed by atoms with E-state index in [0.717, 1.165) is 11.1 Å². The first-order valence-corrected chi connectivity index (χ1v) is 15.9. The molecule has 238 valence electrons. The minimum absolute atomic E-state index is 0.230. The molecule has 0 unspecified atom stereocenters. The zero-order chi connectivity index (χ0) is 31.6. The number of hydrogen-bond donors (Lipinski definition) is 3. The molecule has 9 nitrogen and oxygen atoms in total. The maximum absolute atomic E-state index is 13.3. The van der Waals surface area contributed by atoms with Crippen molar-refractivity contribution >= 4 is 12.0 Å². The Morgan fingerprint density at radius 2 is 1.73 bits per heavy atom. The third-order valence-corrected chi connectivity index (χ3v) is 11.8. The van der Waals surface area contributed by atoms with E-state index in [1.807, 2.05) is 74.5 Å². The molecule has 3 bridgehead atoms. The van der Waals surface area contributed by atoms with Crippen LogP contribution in [-0.2, 0) is 34.5 Å². The first-order valence-electron chi connectivity index (χ1n) is 15.9. The fourth-order valence-corrected chi connectivity index (χ4v) is 9.84. The van der Waals surface area contributed by atoms with Gasteiger partial charge in [0.1, 0.15) is 41.2 Å². The summed E-state index contributed by atoms with van der Waals surface area (Å²) in [5.41, 5.74) is -3.32. The van der Waals surface area contributed by atoms with E-state index in [4.69, 9.17) is 23.7 Å². The summed E-state index contributed by atoms with van der Waals surface area (Å²) >= 11 is 0. The molecular formula is C36H40O9. The molecule has 3 saturated carbocycles. The molecule has 2 aromatic rings. The second-order valence-electron chi connectivity index (χ2n) is 14.1. The number of aliphatic hydroxyl groups excluding tert-OH is 2. The minimum Gasteiger partial charge on any atom is -0.456 e. The number of rotatable bonds is 6. The van der Waals surface area contributed by atoms with Crippen molar-refractivity contribution in [3.8, 4) is 0 Å². The van der Waals surface area contributed by atoms with Crippen molar-refractivity contribution in [2.45, 2.75) is 86.4 Å². The van der Waals surface area contributed by atoms with Crippen LogP contribution in [0.2, 0.25) is 0 Å². The molecule has 9 heteroatoms. The summed E-state index contributed by atoms with van der Waals surface area (Å²) in [5, 5.41) is 36.0. The normalized spacial score (nSPS) is 48.8. The van der Waals surface area contributed by atoms with Crippen LogP contribution in [0.25, 0.3) is 6.08 Å². The van der Waals surface area contributed by atoms with Gasteiger partial charge in [-0.1, -0.05) is 81.1 Å². The summed E-state index contributed by atoms with van der Waals surface area (Å²) in [5.74, 6) is -4.08. The van der Waals surface area contributed by atoms with Gasteiger partial charge in [0.2, 0.25) is 0 Å². The lowest BCUT2D eigenvalue weighted by molar-refractivity contribution is -0.443. The molecule has 3 saturated heterocycles. The third kappa shape index (κ3) is 3.60. The molecule has 0 amide bonds. The van der Waals surface area contributed by atoms with E-state index < -0.39 is 77.2 Å². The third-order valence-electron chi connectivity index (χ3n) is 11.8. The topological polar surface area (TPSA) is 127 Å². The summed E-state index contributed by atoms with van der Waals surface area (Å²) in [7, 11) is 0. The molecule has 6 aliphatic rings. The van der Waals surface area contributed by atoms with Gasteiger partial charge in [-0.2, -0.15) is 0 Å². The summed E-state index contributed by atoms with van der Waals surface area (Å²) in [6, 6.07) is 18.8. The number of benzene rings is 2. The van der Waals surface area contributed by atoms with Gasteiger partial charge in [0.05, 0.1) is 12.2 Å². The predicted molar refractivity (Wildman–Crippen MR) is 161 cm³/mol. The number of carbonyl (C=O) groups is 1. The van der Waals surface area contributed by atoms with Crippen molar-refractivity contribution in [3.63, 3.8) is 0 Å². The lowest BCUT2D eigenvalue weighted by Gasteiger charge is -2.60. The van der Waals surface area contributed by atoms with Gasteiger partial charge in [-0.25, -0.2) is 4.79 Å². The fourth-order valence-electron chi connectivity index (χ4n) is 9.84. The smallest absolute Gasteiger partial charge is 0.331 e. The standard InChI is InChI=1S/C36H40O9/c1-20(2)32-18-22(4)35-25-17-21(3)28(41-26(38)16-15-23-11-7-5-8-12-23)34(25,40)31(39)33(19-37)30(42-33)27(35)29(32)43-36(44-32,45-35)24-13-9-6-10-14-24/h5-16,21-22,25,27-31,37,39-40H,1,17-19H2,2-4H3/t21-,22+,25+,27+,28-,29+,30-,31+,32+,33-,34+,35-,36+/m0/s1. The average molecular weight is 617 g/mol. The number of aliphatic hydroxyl groups is 3. The van der Waals surface area contributed by atoms with E-state index in [0.29, 0.717) is 18.4 Å². The van der Waals surface area contributed by atoms with Crippen molar-refractivity contribution < 1.29 is 43.8 Å². The number of ether oxygens (including phenoxy) is 5. The van der Waals surface area contributed by atoms with Crippen LogP contribution in [-0.4, -0.2) is 74.7 Å². The summed E-state index contributed by atoms with van der Waals surface area (Å²) in [6.07, 6.45) is -0.124. The number of carbonyl (C=O) groups excluding carboxylic acids is 1. The first kappa shape index (κ1) is 29.5. The number of fused-ring (bicyclic) bond motifs is 3. The predicted octanol–water partition coefficient (Wildman–Crippen LogP) is 3.47. The van der Waals surface area contributed by atoms with Gasteiger partial charge in [-0.3, -0.25) is 0 Å². The summed E-state index contributed by atoms with van der Waals surface area (Å²) in [6.45, 7) is 9.70. The first-order chi connectivity index (χ1) is 21.5. The highest BCUT2D eigenvalue weighted by Crippen LogP contribution is 2.75. The lowest BCUT2D eigenvalue weighted by atomic mass is 9.54. The van der Waals surface area contributed by atoms with Crippen molar-refractivity contribution in [2.24, 2.45) is 23.7 Å².